The molecule has 0 aliphatic carbocycles. The first kappa shape index (κ1) is 34.7. The Morgan fingerprint density at radius 2 is 0.714 bits per heavy atom. The summed E-state index contributed by atoms with van der Waals surface area (Å²) in [5.41, 5.74) is 0. The zero-order valence-electron chi connectivity index (χ0n) is 25.0. The lowest BCUT2D eigenvalue weighted by molar-refractivity contribution is -0.119. The summed E-state index contributed by atoms with van der Waals surface area (Å²) in [6.45, 7) is 6.94. The lowest BCUT2D eigenvalue weighted by atomic mass is 9.95. The van der Waals surface area contributed by atoms with Crippen LogP contribution in [0, 0.1) is 5.92 Å². The second kappa shape index (κ2) is 29.9. The summed E-state index contributed by atoms with van der Waals surface area (Å²) >= 11 is 0. The third-order valence-corrected chi connectivity index (χ3v) is 8.03. The highest BCUT2D eigenvalue weighted by molar-refractivity contribution is 5.78. The van der Waals surface area contributed by atoms with Crippen LogP contribution < -0.4 is 0 Å². The van der Waals surface area contributed by atoms with Crippen molar-refractivity contribution in [2.75, 3.05) is 0 Å². The van der Waals surface area contributed by atoms with Gasteiger partial charge in [0.1, 0.15) is 5.78 Å². The average molecular weight is 493 g/mol. The Morgan fingerprint density at radius 1 is 0.400 bits per heavy atom. The minimum atomic E-state index is 0.523. The molecule has 0 fully saturated rings. The van der Waals surface area contributed by atoms with Crippen molar-refractivity contribution in [3.63, 3.8) is 0 Å². The van der Waals surface area contributed by atoms with Crippen LogP contribution >= 0.6 is 0 Å². The van der Waals surface area contributed by atoms with Crippen molar-refractivity contribution in [3.05, 3.63) is 0 Å². The van der Waals surface area contributed by atoms with Gasteiger partial charge in [-0.25, -0.2) is 0 Å². The van der Waals surface area contributed by atoms with Gasteiger partial charge >= 0.3 is 0 Å². The zero-order chi connectivity index (χ0) is 25.7. The molecule has 1 atom stereocenters. The fourth-order valence-electron chi connectivity index (χ4n) is 5.35. The Morgan fingerprint density at radius 3 is 1.09 bits per heavy atom. The molecule has 0 aliphatic heterocycles. The normalized spacial score (nSPS) is 12.3. The van der Waals surface area contributed by atoms with Crippen molar-refractivity contribution in [1.29, 1.82) is 0 Å². The largest absolute Gasteiger partial charge is 0.300 e. The van der Waals surface area contributed by atoms with E-state index in [-0.39, 0.29) is 0 Å². The third kappa shape index (κ3) is 29.8. The van der Waals surface area contributed by atoms with Gasteiger partial charge < -0.3 is 0 Å². The van der Waals surface area contributed by atoms with Gasteiger partial charge in [-0.05, 0) is 18.8 Å². The van der Waals surface area contributed by atoms with Gasteiger partial charge in [0, 0.05) is 12.8 Å². The Labute approximate surface area is 223 Å². The van der Waals surface area contributed by atoms with Gasteiger partial charge in [-0.15, -0.1) is 0 Å². The summed E-state index contributed by atoms with van der Waals surface area (Å²) in [6, 6.07) is 0. The first-order chi connectivity index (χ1) is 17.2. The number of unbranched alkanes of at least 4 members (excludes halogenated alkanes) is 23. The van der Waals surface area contributed by atoms with Gasteiger partial charge in [-0.1, -0.05) is 181 Å². The summed E-state index contributed by atoms with van der Waals surface area (Å²) < 4.78 is 0. The molecule has 210 valence electrons. The highest BCUT2D eigenvalue weighted by Gasteiger charge is 2.07. The third-order valence-electron chi connectivity index (χ3n) is 8.03. The van der Waals surface area contributed by atoms with E-state index in [1.165, 1.54) is 161 Å². The minimum absolute atomic E-state index is 0.523. The van der Waals surface area contributed by atoms with Crippen molar-refractivity contribution in [1.82, 2.24) is 0 Å². The Hall–Kier alpha value is -0.330. The monoisotopic (exact) mass is 493 g/mol. The summed E-state index contributed by atoms with van der Waals surface area (Å²) in [5, 5.41) is 0. The van der Waals surface area contributed by atoms with Crippen molar-refractivity contribution in [2.24, 2.45) is 5.92 Å². The van der Waals surface area contributed by atoms with Crippen LogP contribution in [0.4, 0.5) is 0 Å². The lowest BCUT2D eigenvalue weighted by Crippen LogP contribution is -2.02. The van der Waals surface area contributed by atoms with Gasteiger partial charge in [0.05, 0.1) is 0 Å². The molecule has 0 heterocycles. The fourth-order valence-corrected chi connectivity index (χ4v) is 5.35. The molecular formula is C34H68O. The van der Waals surface area contributed by atoms with E-state index >= 15 is 0 Å². The average Bonchev–Trinajstić information content (AvgIpc) is 2.86. The smallest absolute Gasteiger partial charge is 0.132 e. The first-order valence-corrected chi connectivity index (χ1v) is 16.7. The van der Waals surface area contributed by atoms with E-state index in [1.54, 1.807) is 0 Å². The van der Waals surface area contributed by atoms with E-state index < -0.39 is 0 Å². The molecule has 35 heavy (non-hydrogen) atoms. The molecular weight excluding hydrogens is 424 g/mol. The maximum absolute atomic E-state index is 12.2. The van der Waals surface area contributed by atoms with Crippen LogP contribution in [0.25, 0.3) is 0 Å². The molecule has 1 heteroatoms. The molecule has 0 aromatic rings. The van der Waals surface area contributed by atoms with E-state index in [2.05, 4.69) is 20.8 Å². The minimum Gasteiger partial charge on any atom is -0.300 e. The Balaban J connectivity index is 3.28. The Bertz CT molecular complexity index is 401. The summed E-state index contributed by atoms with van der Waals surface area (Å²) in [7, 11) is 0. The van der Waals surface area contributed by atoms with Gasteiger partial charge in [0.15, 0.2) is 0 Å². The van der Waals surface area contributed by atoms with Crippen molar-refractivity contribution in [2.45, 2.75) is 207 Å². The van der Waals surface area contributed by atoms with E-state index in [4.69, 9.17) is 0 Å². The molecule has 0 rings (SSSR count). The fraction of sp³-hybridized carbons (Fsp3) is 0.971. The van der Waals surface area contributed by atoms with Crippen LogP contribution in [0.15, 0.2) is 0 Å². The second-order valence-corrected chi connectivity index (χ2v) is 11.9. The number of hydrogen-bond donors (Lipinski definition) is 0. The number of ketones is 1. The van der Waals surface area contributed by atoms with Crippen molar-refractivity contribution in [3.8, 4) is 0 Å². The van der Waals surface area contributed by atoms with E-state index in [1.807, 2.05) is 0 Å². The van der Waals surface area contributed by atoms with Gasteiger partial charge in [0.25, 0.3) is 0 Å². The first-order valence-electron chi connectivity index (χ1n) is 16.7. The van der Waals surface area contributed by atoms with E-state index in [9.17, 15) is 4.79 Å². The molecule has 0 bridgehead atoms. The summed E-state index contributed by atoms with van der Waals surface area (Å²) in [5.74, 6) is 1.25. The molecule has 0 aromatic carbocycles. The summed E-state index contributed by atoms with van der Waals surface area (Å²) in [6.07, 6.45) is 39.1. The van der Waals surface area contributed by atoms with Crippen molar-refractivity contribution >= 4 is 5.78 Å². The van der Waals surface area contributed by atoms with Gasteiger partial charge in [-0.3, -0.25) is 4.79 Å². The predicted molar refractivity (Wildman–Crippen MR) is 159 cm³/mol. The molecule has 0 aliphatic rings. The molecule has 0 amide bonds. The maximum Gasteiger partial charge on any atom is 0.132 e. The molecule has 0 spiro atoms. The van der Waals surface area contributed by atoms with Crippen LogP contribution in [-0.4, -0.2) is 5.78 Å². The zero-order valence-corrected chi connectivity index (χ0v) is 25.0. The second-order valence-electron chi connectivity index (χ2n) is 11.9. The van der Waals surface area contributed by atoms with E-state index in [0.717, 1.165) is 31.6 Å². The van der Waals surface area contributed by atoms with E-state index in [0.29, 0.717) is 5.78 Å². The number of carbonyl (C=O) groups is 1. The molecule has 1 unspecified atom stereocenters. The van der Waals surface area contributed by atoms with Crippen LogP contribution in [0.3, 0.4) is 0 Å². The number of rotatable bonds is 30. The van der Waals surface area contributed by atoms with Crippen LogP contribution in [0.1, 0.15) is 207 Å². The molecule has 1 nitrogen and oxygen atoms in total. The Kier molecular flexibility index (Phi) is 29.6. The molecule has 0 saturated heterocycles. The van der Waals surface area contributed by atoms with Gasteiger partial charge in [-0.2, -0.15) is 0 Å². The number of Topliss-reactive ketones (excluding diaryl/α,β-unsaturated/α-hetero) is 1. The molecule has 0 N–H and O–H groups in total. The molecule has 0 aromatic heterocycles. The van der Waals surface area contributed by atoms with Crippen molar-refractivity contribution < 1.29 is 4.79 Å². The maximum atomic E-state index is 12.2. The van der Waals surface area contributed by atoms with Crippen LogP contribution in [-0.2, 0) is 4.79 Å². The lowest BCUT2D eigenvalue weighted by Gasteiger charge is -2.10. The SMILES string of the molecule is CCCCCCCCCCCCCCCC(=O)CCC(C)CCCCCCCCCCCCCC. The number of carbonyl (C=O) groups excluding carboxylic acids is 1. The molecule has 0 saturated carbocycles. The summed E-state index contributed by atoms with van der Waals surface area (Å²) in [4.78, 5) is 12.2. The van der Waals surface area contributed by atoms with Gasteiger partial charge in [0.2, 0.25) is 0 Å². The quantitative estimate of drug-likeness (QED) is 0.0911. The van der Waals surface area contributed by atoms with Crippen LogP contribution in [0.5, 0.6) is 0 Å². The highest BCUT2D eigenvalue weighted by atomic mass is 16.1. The van der Waals surface area contributed by atoms with Crippen LogP contribution in [0.2, 0.25) is 0 Å². The standard InChI is InChI=1S/C34H68O/c1-4-6-8-10-12-14-16-18-20-22-24-26-28-30-34(35)32-31-33(3)29-27-25-23-21-19-17-15-13-11-9-7-5-2/h33H,4-32H2,1-3H3. The topological polar surface area (TPSA) is 17.1 Å². The predicted octanol–water partition coefficient (Wildman–Crippen LogP) is 12.5. The molecule has 0 radical (unpaired) electrons. The highest BCUT2D eigenvalue weighted by Crippen LogP contribution is 2.18. The number of hydrogen-bond acceptors (Lipinski definition) is 1.